The van der Waals surface area contributed by atoms with Gasteiger partial charge in [-0.25, -0.2) is 21.6 Å². The maximum Gasteiger partial charge on any atom is 0.341 e. The summed E-state index contributed by atoms with van der Waals surface area (Å²) in [6, 6.07) is 8.89. The molecule has 33 heavy (non-hydrogen) atoms. The summed E-state index contributed by atoms with van der Waals surface area (Å²) in [6.45, 7) is 2.35. The van der Waals surface area contributed by atoms with E-state index < -0.39 is 32.6 Å². The van der Waals surface area contributed by atoms with Gasteiger partial charge < -0.3 is 9.84 Å². The van der Waals surface area contributed by atoms with E-state index in [9.17, 15) is 21.6 Å². The molecule has 2 aromatic rings. The molecule has 0 unspecified atom stereocenters. The molecule has 1 saturated heterocycles. The SMILES string of the molecule is Cc1cc(S(=O)(=O)N2CCc3cc(S(=O)(=O)N4CCCCC4)ccc32)ccc1OCC(=O)O. The number of ether oxygens (including phenoxy) is 1. The number of rotatable bonds is 7. The van der Waals surface area contributed by atoms with E-state index in [4.69, 9.17) is 9.84 Å². The fourth-order valence-corrected chi connectivity index (χ4v) is 7.38. The van der Waals surface area contributed by atoms with Gasteiger partial charge in [0, 0.05) is 19.6 Å². The van der Waals surface area contributed by atoms with Crippen LogP contribution >= 0.6 is 0 Å². The van der Waals surface area contributed by atoms with Gasteiger partial charge in [0.05, 0.1) is 15.5 Å². The Kier molecular flexibility index (Phi) is 6.39. The molecule has 9 nitrogen and oxygen atoms in total. The predicted octanol–water partition coefficient (Wildman–Crippen LogP) is 2.38. The smallest absolute Gasteiger partial charge is 0.341 e. The molecule has 11 heteroatoms. The number of hydrogen-bond donors (Lipinski definition) is 1. The number of aryl methyl sites for hydroxylation is 1. The number of nitrogens with zero attached hydrogens (tertiary/aromatic N) is 2. The second-order valence-electron chi connectivity index (χ2n) is 8.19. The first kappa shape index (κ1) is 23.5. The van der Waals surface area contributed by atoms with Gasteiger partial charge in [0.2, 0.25) is 10.0 Å². The Labute approximate surface area is 193 Å². The van der Waals surface area contributed by atoms with Crippen molar-refractivity contribution in [1.29, 1.82) is 0 Å². The lowest BCUT2D eigenvalue weighted by Gasteiger charge is -2.26. The predicted molar refractivity (Wildman–Crippen MR) is 122 cm³/mol. The summed E-state index contributed by atoms with van der Waals surface area (Å²) >= 11 is 0. The van der Waals surface area contributed by atoms with Crippen LogP contribution in [0.2, 0.25) is 0 Å². The molecule has 2 aromatic carbocycles. The first-order valence-corrected chi connectivity index (χ1v) is 13.6. The molecule has 2 heterocycles. The van der Waals surface area contributed by atoms with Gasteiger partial charge in [-0.3, -0.25) is 4.31 Å². The Morgan fingerprint density at radius 3 is 2.27 bits per heavy atom. The van der Waals surface area contributed by atoms with Crippen LogP contribution in [0, 0.1) is 6.92 Å². The van der Waals surface area contributed by atoms with Crippen LogP contribution in [0.5, 0.6) is 5.75 Å². The van der Waals surface area contributed by atoms with Crippen molar-refractivity contribution in [3.05, 3.63) is 47.5 Å². The van der Waals surface area contributed by atoms with E-state index >= 15 is 0 Å². The minimum atomic E-state index is -3.89. The molecule has 2 aliphatic heterocycles. The van der Waals surface area contributed by atoms with E-state index in [0.717, 1.165) is 19.3 Å². The molecule has 0 aliphatic carbocycles. The zero-order chi connectivity index (χ0) is 23.8. The van der Waals surface area contributed by atoms with Crippen LogP contribution in [0.3, 0.4) is 0 Å². The Morgan fingerprint density at radius 2 is 1.61 bits per heavy atom. The van der Waals surface area contributed by atoms with Crippen LogP contribution in [0.1, 0.15) is 30.4 Å². The second-order valence-corrected chi connectivity index (χ2v) is 12.0. The number of sulfonamides is 2. The Morgan fingerprint density at radius 1 is 0.939 bits per heavy atom. The quantitative estimate of drug-likeness (QED) is 0.627. The molecule has 1 N–H and O–H groups in total. The van der Waals surface area contributed by atoms with Gasteiger partial charge in [0.25, 0.3) is 10.0 Å². The lowest BCUT2D eigenvalue weighted by atomic mass is 10.2. The van der Waals surface area contributed by atoms with Crippen molar-refractivity contribution in [1.82, 2.24) is 4.31 Å². The van der Waals surface area contributed by atoms with Crippen molar-refractivity contribution in [3.63, 3.8) is 0 Å². The van der Waals surface area contributed by atoms with Gasteiger partial charge in [0.1, 0.15) is 5.75 Å². The summed E-state index contributed by atoms with van der Waals surface area (Å²) in [5.74, 6) is -0.827. The van der Waals surface area contributed by atoms with Gasteiger partial charge in [-0.05, 0) is 73.7 Å². The number of piperidine rings is 1. The summed E-state index contributed by atoms with van der Waals surface area (Å²) in [6.07, 6.45) is 3.12. The molecule has 0 amide bonds. The number of carbonyl (C=O) groups is 1. The number of hydrogen-bond acceptors (Lipinski definition) is 6. The minimum Gasteiger partial charge on any atom is -0.482 e. The fraction of sp³-hybridized carbons (Fsp3) is 0.409. The van der Waals surface area contributed by atoms with Crippen LogP contribution in [0.4, 0.5) is 5.69 Å². The largest absolute Gasteiger partial charge is 0.482 e. The lowest BCUT2D eigenvalue weighted by molar-refractivity contribution is -0.139. The second kappa shape index (κ2) is 8.96. The Balaban J connectivity index is 1.60. The zero-order valence-corrected chi connectivity index (χ0v) is 19.9. The van der Waals surface area contributed by atoms with Crippen molar-refractivity contribution in [2.75, 3.05) is 30.5 Å². The number of aliphatic carboxylic acids is 1. The first-order valence-electron chi connectivity index (χ1n) is 10.7. The number of benzene rings is 2. The monoisotopic (exact) mass is 494 g/mol. The maximum absolute atomic E-state index is 13.3. The van der Waals surface area contributed by atoms with Crippen LogP contribution in [-0.2, 0) is 31.3 Å². The average molecular weight is 495 g/mol. The highest BCUT2D eigenvalue weighted by Crippen LogP contribution is 2.36. The van der Waals surface area contributed by atoms with Crippen LogP contribution in [0.25, 0.3) is 0 Å². The average Bonchev–Trinajstić information content (AvgIpc) is 3.23. The third kappa shape index (κ3) is 4.57. The highest BCUT2D eigenvalue weighted by Gasteiger charge is 2.33. The van der Waals surface area contributed by atoms with Crippen LogP contribution in [0.15, 0.2) is 46.2 Å². The molecular formula is C22H26N2O7S2. The van der Waals surface area contributed by atoms with E-state index in [2.05, 4.69) is 0 Å². The third-order valence-electron chi connectivity index (χ3n) is 5.94. The Bertz CT molecular complexity index is 1280. The normalized spacial score (nSPS) is 17.1. The molecule has 0 spiro atoms. The summed E-state index contributed by atoms with van der Waals surface area (Å²) in [7, 11) is -7.49. The summed E-state index contributed by atoms with van der Waals surface area (Å²) in [5.41, 5.74) is 1.64. The molecule has 178 valence electrons. The van der Waals surface area contributed by atoms with Gasteiger partial charge in [-0.1, -0.05) is 6.42 Å². The first-order chi connectivity index (χ1) is 15.6. The lowest BCUT2D eigenvalue weighted by Crippen LogP contribution is -2.35. The summed E-state index contributed by atoms with van der Waals surface area (Å²) < 4.78 is 60.6. The third-order valence-corrected chi connectivity index (χ3v) is 9.65. The number of anilines is 1. The van der Waals surface area contributed by atoms with E-state index in [0.29, 0.717) is 42.1 Å². The molecule has 0 aromatic heterocycles. The van der Waals surface area contributed by atoms with E-state index in [-0.39, 0.29) is 16.3 Å². The van der Waals surface area contributed by atoms with E-state index in [1.54, 1.807) is 19.1 Å². The number of fused-ring (bicyclic) bond motifs is 1. The molecule has 4 rings (SSSR count). The molecule has 0 atom stereocenters. The number of carboxylic acids is 1. The molecular weight excluding hydrogens is 468 g/mol. The van der Waals surface area contributed by atoms with Gasteiger partial charge in [-0.2, -0.15) is 4.31 Å². The van der Waals surface area contributed by atoms with Gasteiger partial charge >= 0.3 is 5.97 Å². The van der Waals surface area contributed by atoms with Crippen molar-refractivity contribution >= 4 is 31.7 Å². The van der Waals surface area contributed by atoms with Crippen LogP contribution in [-0.4, -0.2) is 58.5 Å². The highest BCUT2D eigenvalue weighted by atomic mass is 32.2. The van der Waals surface area contributed by atoms with Crippen molar-refractivity contribution in [3.8, 4) is 5.75 Å². The van der Waals surface area contributed by atoms with Gasteiger partial charge in [0.15, 0.2) is 6.61 Å². The Hall–Kier alpha value is -2.63. The molecule has 0 bridgehead atoms. The maximum atomic E-state index is 13.3. The van der Waals surface area contributed by atoms with Crippen molar-refractivity contribution in [2.45, 2.75) is 42.4 Å². The summed E-state index contributed by atoms with van der Waals surface area (Å²) in [5, 5.41) is 8.76. The molecule has 2 aliphatic rings. The standard InChI is InChI=1S/C22H26N2O7S2/c1-16-13-18(6-8-21(16)31-15-22(25)26)33(29,30)24-12-9-17-14-19(5-7-20(17)24)32(27,28)23-10-3-2-4-11-23/h5-8,13-14H,2-4,9-12,15H2,1H3,(H,25,26). The molecule has 0 saturated carbocycles. The van der Waals surface area contributed by atoms with Crippen molar-refractivity contribution in [2.24, 2.45) is 0 Å². The van der Waals surface area contributed by atoms with E-state index in [1.165, 1.54) is 32.9 Å². The van der Waals surface area contributed by atoms with Crippen molar-refractivity contribution < 1.29 is 31.5 Å². The van der Waals surface area contributed by atoms with Crippen LogP contribution < -0.4 is 9.04 Å². The highest BCUT2D eigenvalue weighted by molar-refractivity contribution is 7.92. The topological polar surface area (TPSA) is 121 Å². The fourth-order valence-electron chi connectivity index (χ4n) is 4.22. The zero-order valence-electron chi connectivity index (χ0n) is 18.2. The van der Waals surface area contributed by atoms with Gasteiger partial charge in [-0.15, -0.1) is 0 Å². The molecule has 0 radical (unpaired) electrons. The number of carboxylic acid groups (broad SMARTS) is 1. The molecule has 1 fully saturated rings. The summed E-state index contributed by atoms with van der Waals surface area (Å²) in [4.78, 5) is 11.0. The van der Waals surface area contributed by atoms with E-state index in [1.807, 2.05) is 0 Å². The minimum absolute atomic E-state index is 0.0561.